The third kappa shape index (κ3) is 3.98. The fraction of sp³-hybridized carbons (Fsp3) is 0.409. The molecule has 4 rings (SSSR count). The highest BCUT2D eigenvalue weighted by atomic mass is 16.5. The third-order valence-electron chi connectivity index (χ3n) is 5.43. The number of nitrogens with zero attached hydrogens (tertiary/aromatic N) is 2. The molecule has 0 saturated carbocycles. The minimum Gasteiger partial charge on any atom is -0.495 e. The van der Waals surface area contributed by atoms with Gasteiger partial charge in [-0.15, -0.1) is 0 Å². The maximum Gasteiger partial charge on any atom is 0.249 e. The average molecular weight is 381 g/mol. The van der Waals surface area contributed by atoms with Gasteiger partial charge in [-0.1, -0.05) is 30.3 Å². The predicted molar refractivity (Wildman–Crippen MR) is 110 cm³/mol. The van der Waals surface area contributed by atoms with Crippen LogP contribution in [0.4, 0.5) is 11.4 Å². The molecule has 1 unspecified atom stereocenters. The van der Waals surface area contributed by atoms with Crippen LogP contribution in [0.2, 0.25) is 0 Å². The van der Waals surface area contributed by atoms with Crippen LogP contribution < -0.4 is 15.0 Å². The van der Waals surface area contributed by atoms with E-state index in [0.29, 0.717) is 6.54 Å². The van der Waals surface area contributed by atoms with E-state index < -0.39 is 0 Å². The summed E-state index contributed by atoms with van der Waals surface area (Å²) < 4.78 is 10.9. The van der Waals surface area contributed by atoms with Crippen LogP contribution in [0.3, 0.4) is 0 Å². The fourth-order valence-electron chi connectivity index (χ4n) is 3.89. The quantitative estimate of drug-likeness (QED) is 0.834. The predicted octanol–water partition coefficient (Wildman–Crippen LogP) is 2.74. The minimum absolute atomic E-state index is 0.0886. The number of anilines is 2. The molecule has 1 atom stereocenters. The molecule has 2 aliphatic rings. The average Bonchev–Trinajstić information content (AvgIpc) is 3.10. The van der Waals surface area contributed by atoms with Crippen molar-refractivity contribution in [2.45, 2.75) is 19.0 Å². The second-order valence-electron chi connectivity index (χ2n) is 7.19. The van der Waals surface area contributed by atoms with Crippen LogP contribution in [0.15, 0.2) is 48.5 Å². The van der Waals surface area contributed by atoms with Crippen molar-refractivity contribution in [3.05, 3.63) is 54.1 Å². The molecule has 1 N–H and O–H groups in total. The molecule has 0 aromatic heterocycles. The Morgan fingerprint density at radius 2 is 1.82 bits per heavy atom. The molecule has 0 radical (unpaired) electrons. The molecule has 2 saturated heterocycles. The number of nitrogens with one attached hydrogen (secondary N) is 1. The molecular weight excluding hydrogens is 354 g/mol. The number of benzene rings is 2. The summed E-state index contributed by atoms with van der Waals surface area (Å²) in [6, 6.07) is 15.7. The lowest BCUT2D eigenvalue weighted by atomic mass is 10.1. The van der Waals surface area contributed by atoms with Gasteiger partial charge < -0.3 is 19.7 Å². The molecule has 2 heterocycles. The second-order valence-corrected chi connectivity index (χ2v) is 7.19. The number of rotatable bonds is 6. The first kappa shape index (κ1) is 18.8. The second kappa shape index (κ2) is 8.63. The molecule has 28 heavy (non-hydrogen) atoms. The zero-order chi connectivity index (χ0) is 19.3. The van der Waals surface area contributed by atoms with Gasteiger partial charge in [0.15, 0.2) is 0 Å². The van der Waals surface area contributed by atoms with Crippen LogP contribution in [0.1, 0.15) is 12.0 Å². The molecule has 148 valence electrons. The van der Waals surface area contributed by atoms with Crippen LogP contribution in [0.5, 0.6) is 5.75 Å². The Morgan fingerprint density at radius 3 is 2.64 bits per heavy atom. The Morgan fingerprint density at radius 1 is 1.07 bits per heavy atom. The molecule has 2 aromatic carbocycles. The van der Waals surface area contributed by atoms with E-state index in [1.54, 1.807) is 7.11 Å². The smallest absolute Gasteiger partial charge is 0.249 e. The number of ether oxygens (including phenoxy) is 2. The zero-order valence-electron chi connectivity index (χ0n) is 16.3. The van der Waals surface area contributed by atoms with Gasteiger partial charge >= 0.3 is 0 Å². The van der Waals surface area contributed by atoms with Crippen molar-refractivity contribution in [3.8, 4) is 5.75 Å². The lowest BCUT2D eigenvalue weighted by Gasteiger charge is -2.28. The van der Waals surface area contributed by atoms with Crippen molar-refractivity contribution in [1.29, 1.82) is 0 Å². The van der Waals surface area contributed by atoms with Crippen molar-refractivity contribution in [2.75, 3.05) is 50.2 Å². The summed E-state index contributed by atoms with van der Waals surface area (Å²) >= 11 is 0. The van der Waals surface area contributed by atoms with Crippen molar-refractivity contribution in [3.63, 3.8) is 0 Å². The van der Waals surface area contributed by atoms with E-state index >= 15 is 0 Å². The number of carbonyl (C=O) groups is 1. The number of methoxy groups -OCH3 is 1. The molecule has 0 bridgehead atoms. The van der Waals surface area contributed by atoms with Gasteiger partial charge in [0.2, 0.25) is 5.91 Å². The van der Waals surface area contributed by atoms with Crippen molar-refractivity contribution >= 4 is 17.3 Å². The van der Waals surface area contributed by atoms with Crippen LogP contribution in [0.25, 0.3) is 0 Å². The maximum absolute atomic E-state index is 13.1. The first-order valence-corrected chi connectivity index (χ1v) is 9.85. The fourth-order valence-corrected chi connectivity index (χ4v) is 3.89. The maximum atomic E-state index is 13.1. The summed E-state index contributed by atoms with van der Waals surface area (Å²) in [5.74, 6) is 0.815. The Hall–Kier alpha value is -2.57. The van der Waals surface area contributed by atoms with Crippen molar-refractivity contribution in [2.24, 2.45) is 0 Å². The number of hydrogen-bond acceptors (Lipinski definition) is 5. The van der Waals surface area contributed by atoms with Gasteiger partial charge in [0.1, 0.15) is 11.8 Å². The topological polar surface area (TPSA) is 54.0 Å². The largest absolute Gasteiger partial charge is 0.495 e. The molecule has 6 nitrogen and oxygen atoms in total. The van der Waals surface area contributed by atoms with E-state index in [1.165, 1.54) is 5.56 Å². The van der Waals surface area contributed by atoms with Gasteiger partial charge in [-0.05, 0) is 30.2 Å². The highest BCUT2D eigenvalue weighted by Gasteiger charge is 2.34. The van der Waals surface area contributed by atoms with Gasteiger partial charge in [-0.2, -0.15) is 0 Å². The Labute approximate surface area is 166 Å². The number of para-hydroxylation sites is 3. The first-order chi connectivity index (χ1) is 13.8. The van der Waals surface area contributed by atoms with E-state index in [9.17, 15) is 4.79 Å². The first-order valence-electron chi connectivity index (χ1n) is 9.85. The third-order valence-corrected chi connectivity index (χ3v) is 5.43. The number of hydrogen-bond donors (Lipinski definition) is 1. The van der Waals surface area contributed by atoms with E-state index in [-0.39, 0.29) is 11.9 Å². The highest BCUT2D eigenvalue weighted by Crippen LogP contribution is 2.32. The summed E-state index contributed by atoms with van der Waals surface area (Å²) in [4.78, 5) is 17.3. The van der Waals surface area contributed by atoms with Crippen LogP contribution in [-0.4, -0.2) is 56.8 Å². The lowest BCUT2D eigenvalue weighted by molar-refractivity contribution is -0.117. The highest BCUT2D eigenvalue weighted by molar-refractivity contribution is 6.02. The van der Waals surface area contributed by atoms with Gasteiger partial charge in [-0.3, -0.25) is 9.69 Å². The number of amides is 1. The summed E-state index contributed by atoms with van der Waals surface area (Å²) in [7, 11) is 1.64. The summed E-state index contributed by atoms with van der Waals surface area (Å²) in [5, 5.41) is 3.50. The summed E-state index contributed by atoms with van der Waals surface area (Å²) in [6.45, 7) is 5.00. The molecule has 0 aliphatic carbocycles. The van der Waals surface area contributed by atoms with Crippen LogP contribution >= 0.6 is 0 Å². The van der Waals surface area contributed by atoms with E-state index in [1.807, 2.05) is 35.2 Å². The van der Waals surface area contributed by atoms with Crippen molar-refractivity contribution < 1.29 is 14.3 Å². The standard InChI is InChI=1S/C22H27N3O3/c1-27-21-9-5-4-8-20(21)25-11-10-19(22(25)26)23-18-7-3-2-6-17(18)16-24-12-14-28-15-13-24/h2-9,19,23H,10-16H2,1H3. The van der Waals surface area contributed by atoms with E-state index in [0.717, 1.165) is 56.4 Å². The molecule has 2 aromatic rings. The molecule has 1 amide bonds. The summed E-state index contributed by atoms with van der Waals surface area (Å²) in [6.07, 6.45) is 0.767. The lowest BCUT2D eigenvalue weighted by Crippen LogP contribution is -2.36. The molecule has 0 spiro atoms. The number of carbonyl (C=O) groups excluding carboxylic acids is 1. The van der Waals surface area contributed by atoms with Crippen LogP contribution in [-0.2, 0) is 16.1 Å². The monoisotopic (exact) mass is 381 g/mol. The van der Waals surface area contributed by atoms with Gasteiger partial charge in [0.25, 0.3) is 0 Å². The summed E-state index contributed by atoms with van der Waals surface area (Å²) in [5.41, 5.74) is 3.09. The van der Waals surface area contributed by atoms with E-state index in [4.69, 9.17) is 9.47 Å². The molecule has 6 heteroatoms. The normalized spacial score (nSPS) is 20.4. The van der Waals surface area contributed by atoms with Gasteiger partial charge in [-0.25, -0.2) is 0 Å². The van der Waals surface area contributed by atoms with Crippen molar-refractivity contribution in [1.82, 2.24) is 4.90 Å². The SMILES string of the molecule is COc1ccccc1N1CCC(Nc2ccccc2CN2CCOCC2)C1=O. The van der Waals surface area contributed by atoms with Gasteiger partial charge in [0, 0.05) is 31.9 Å². The number of morpholine rings is 1. The Balaban J connectivity index is 1.47. The Kier molecular flexibility index (Phi) is 5.78. The Bertz CT molecular complexity index is 820. The van der Waals surface area contributed by atoms with E-state index in [2.05, 4.69) is 28.4 Å². The molecule has 2 fully saturated rings. The van der Waals surface area contributed by atoms with Crippen LogP contribution in [0, 0.1) is 0 Å². The van der Waals surface area contributed by atoms with Gasteiger partial charge in [0.05, 0.1) is 26.0 Å². The minimum atomic E-state index is -0.226. The molecule has 2 aliphatic heterocycles. The zero-order valence-corrected chi connectivity index (χ0v) is 16.3. The molecular formula is C22H27N3O3.